The smallest absolute Gasteiger partial charge is 0.410 e. The molecule has 21 heavy (non-hydrogen) atoms. The number of imidazole rings is 1. The third kappa shape index (κ3) is 3.75. The SMILES string of the molecule is CC(C)(C)OC(=O)N1CCC(S(=O)(=O)n2ccnc2)CC1. The van der Waals surface area contributed by atoms with E-state index in [1.165, 1.54) is 18.7 Å². The molecule has 7 nitrogen and oxygen atoms in total. The average molecular weight is 315 g/mol. The lowest BCUT2D eigenvalue weighted by atomic mass is 10.1. The number of amides is 1. The second kappa shape index (κ2) is 5.67. The van der Waals surface area contributed by atoms with Crippen LogP contribution in [0.2, 0.25) is 0 Å². The topological polar surface area (TPSA) is 81.5 Å². The lowest BCUT2D eigenvalue weighted by Crippen LogP contribution is -2.45. The summed E-state index contributed by atoms with van der Waals surface area (Å²) in [5.41, 5.74) is -0.545. The van der Waals surface area contributed by atoms with Crippen LogP contribution < -0.4 is 0 Å². The molecular weight excluding hydrogens is 294 g/mol. The molecule has 1 aliphatic rings. The van der Waals surface area contributed by atoms with Gasteiger partial charge in [0.05, 0.1) is 5.25 Å². The minimum Gasteiger partial charge on any atom is -0.444 e. The zero-order valence-electron chi connectivity index (χ0n) is 12.5. The molecule has 0 saturated carbocycles. The zero-order chi connectivity index (χ0) is 15.7. The van der Waals surface area contributed by atoms with Gasteiger partial charge in [-0.1, -0.05) is 0 Å². The fourth-order valence-corrected chi connectivity index (χ4v) is 3.79. The van der Waals surface area contributed by atoms with Crippen LogP contribution in [-0.2, 0) is 14.8 Å². The highest BCUT2D eigenvalue weighted by Crippen LogP contribution is 2.21. The van der Waals surface area contributed by atoms with Gasteiger partial charge in [-0.3, -0.25) is 0 Å². The fraction of sp³-hybridized carbons (Fsp3) is 0.692. The van der Waals surface area contributed by atoms with Gasteiger partial charge in [-0.25, -0.2) is 22.2 Å². The number of rotatable bonds is 2. The van der Waals surface area contributed by atoms with Crippen molar-refractivity contribution in [2.75, 3.05) is 13.1 Å². The number of carbonyl (C=O) groups excluding carboxylic acids is 1. The first kappa shape index (κ1) is 15.8. The van der Waals surface area contributed by atoms with Gasteiger partial charge < -0.3 is 9.64 Å². The Hall–Kier alpha value is -1.57. The number of nitrogens with zero attached hydrogens (tertiary/aromatic N) is 3. The maximum absolute atomic E-state index is 12.3. The molecule has 0 bridgehead atoms. The van der Waals surface area contributed by atoms with E-state index in [1.54, 1.807) is 25.7 Å². The second-order valence-corrected chi connectivity index (χ2v) is 8.22. The predicted molar refractivity (Wildman–Crippen MR) is 77.4 cm³/mol. The van der Waals surface area contributed by atoms with E-state index < -0.39 is 20.9 Å². The minimum absolute atomic E-state index is 0.382. The van der Waals surface area contributed by atoms with Gasteiger partial charge in [0.25, 0.3) is 0 Å². The van der Waals surface area contributed by atoms with E-state index in [-0.39, 0.29) is 6.09 Å². The third-order valence-corrected chi connectivity index (χ3v) is 5.41. The van der Waals surface area contributed by atoms with Crippen molar-refractivity contribution in [1.82, 2.24) is 13.9 Å². The molecule has 1 aromatic rings. The van der Waals surface area contributed by atoms with E-state index in [2.05, 4.69) is 4.98 Å². The summed E-state index contributed by atoms with van der Waals surface area (Å²) in [4.78, 5) is 17.3. The standard InChI is InChI=1S/C13H21N3O4S/c1-13(2,3)20-12(17)15-7-4-11(5-8-15)21(18,19)16-9-6-14-10-16/h6,9-11H,4-5,7-8H2,1-3H3. The van der Waals surface area contributed by atoms with Gasteiger partial charge in [0, 0.05) is 25.5 Å². The molecule has 0 spiro atoms. The first-order chi connectivity index (χ1) is 9.70. The number of piperidine rings is 1. The van der Waals surface area contributed by atoms with Crippen LogP contribution in [0.3, 0.4) is 0 Å². The number of carbonyl (C=O) groups is 1. The van der Waals surface area contributed by atoms with Crippen molar-refractivity contribution < 1.29 is 17.9 Å². The molecule has 1 amide bonds. The molecule has 0 unspecified atom stereocenters. The Bertz CT molecular complexity index is 581. The van der Waals surface area contributed by atoms with E-state index >= 15 is 0 Å². The van der Waals surface area contributed by atoms with Gasteiger partial charge in [-0.15, -0.1) is 0 Å². The van der Waals surface area contributed by atoms with Crippen molar-refractivity contribution in [2.45, 2.75) is 44.5 Å². The van der Waals surface area contributed by atoms with E-state index in [9.17, 15) is 13.2 Å². The van der Waals surface area contributed by atoms with Crippen LogP contribution in [0.15, 0.2) is 18.7 Å². The van der Waals surface area contributed by atoms with Gasteiger partial charge >= 0.3 is 6.09 Å². The van der Waals surface area contributed by atoms with Crippen molar-refractivity contribution in [2.24, 2.45) is 0 Å². The first-order valence-electron chi connectivity index (χ1n) is 6.90. The number of likely N-dealkylation sites (tertiary alicyclic amines) is 1. The Morgan fingerprint density at radius 1 is 1.29 bits per heavy atom. The number of hydrogen-bond acceptors (Lipinski definition) is 5. The van der Waals surface area contributed by atoms with Crippen LogP contribution in [0.25, 0.3) is 0 Å². The normalized spacial score (nSPS) is 17.8. The third-order valence-electron chi connectivity index (χ3n) is 3.29. The van der Waals surface area contributed by atoms with Crippen molar-refractivity contribution in [3.63, 3.8) is 0 Å². The minimum atomic E-state index is -3.43. The number of ether oxygens (including phenoxy) is 1. The molecule has 8 heteroatoms. The van der Waals surface area contributed by atoms with Crippen LogP contribution in [-0.4, -0.2) is 52.3 Å². The van der Waals surface area contributed by atoms with Crippen molar-refractivity contribution in [3.05, 3.63) is 18.7 Å². The Kier molecular flexibility index (Phi) is 4.27. The Labute approximate surface area is 125 Å². The zero-order valence-corrected chi connectivity index (χ0v) is 13.3. The summed E-state index contributed by atoms with van der Waals surface area (Å²) in [5, 5.41) is -0.495. The summed E-state index contributed by atoms with van der Waals surface area (Å²) in [6.45, 7) is 6.18. The molecule has 0 aromatic carbocycles. The van der Waals surface area contributed by atoms with Gasteiger partial charge in [0.2, 0.25) is 10.0 Å². The number of hydrogen-bond donors (Lipinski definition) is 0. The maximum Gasteiger partial charge on any atom is 0.410 e. The largest absolute Gasteiger partial charge is 0.444 e. The lowest BCUT2D eigenvalue weighted by molar-refractivity contribution is 0.0217. The predicted octanol–water partition coefficient (Wildman–Crippen LogP) is 1.46. The molecule has 1 aromatic heterocycles. The molecule has 2 heterocycles. The molecule has 0 N–H and O–H groups in total. The number of aromatic nitrogens is 2. The second-order valence-electron chi connectivity index (χ2n) is 6.10. The van der Waals surface area contributed by atoms with Crippen LogP contribution in [0.5, 0.6) is 0 Å². The van der Waals surface area contributed by atoms with Crippen molar-refractivity contribution in [3.8, 4) is 0 Å². The van der Waals surface area contributed by atoms with Crippen molar-refractivity contribution >= 4 is 16.1 Å². The highest BCUT2D eigenvalue weighted by Gasteiger charge is 2.33. The van der Waals surface area contributed by atoms with Crippen molar-refractivity contribution in [1.29, 1.82) is 0 Å². The molecular formula is C13H21N3O4S. The molecule has 2 rings (SSSR count). The molecule has 1 aliphatic heterocycles. The monoisotopic (exact) mass is 315 g/mol. The molecule has 0 aliphatic carbocycles. The van der Waals surface area contributed by atoms with Gasteiger partial charge in [0.1, 0.15) is 11.9 Å². The average Bonchev–Trinajstić information content (AvgIpc) is 2.91. The van der Waals surface area contributed by atoms with E-state index in [0.29, 0.717) is 25.9 Å². The van der Waals surface area contributed by atoms with Crippen LogP contribution in [0.4, 0.5) is 4.79 Å². The summed E-state index contributed by atoms with van der Waals surface area (Å²) in [6.07, 6.45) is 4.57. The maximum atomic E-state index is 12.3. The Balaban J connectivity index is 1.96. The summed E-state index contributed by atoms with van der Waals surface area (Å²) < 4.78 is 31.1. The van der Waals surface area contributed by atoms with E-state index in [4.69, 9.17) is 4.74 Å². The Morgan fingerprint density at radius 2 is 1.90 bits per heavy atom. The van der Waals surface area contributed by atoms with E-state index in [1.807, 2.05) is 0 Å². The molecule has 0 radical (unpaired) electrons. The molecule has 118 valence electrons. The summed E-state index contributed by atoms with van der Waals surface area (Å²) >= 11 is 0. The fourth-order valence-electron chi connectivity index (χ4n) is 2.23. The van der Waals surface area contributed by atoms with Gasteiger partial charge in [-0.2, -0.15) is 0 Å². The highest BCUT2D eigenvalue weighted by molar-refractivity contribution is 7.90. The van der Waals surface area contributed by atoms with Crippen LogP contribution in [0.1, 0.15) is 33.6 Å². The quantitative estimate of drug-likeness (QED) is 0.825. The van der Waals surface area contributed by atoms with Crippen LogP contribution >= 0.6 is 0 Å². The lowest BCUT2D eigenvalue weighted by Gasteiger charge is -2.33. The van der Waals surface area contributed by atoms with Crippen LogP contribution in [0, 0.1) is 0 Å². The molecule has 1 fully saturated rings. The molecule has 0 atom stereocenters. The highest BCUT2D eigenvalue weighted by atomic mass is 32.2. The summed E-state index contributed by atoms with van der Waals surface area (Å²) in [5.74, 6) is 0. The Morgan fingerprint density at radius 3 is 2.38 bits per heavy atom. The summed E-state index contributed by atoms with van der Waals surface area (Å²) in [7, 11) is -3.43. The van der Waals surface area contributed by atoms with E-state index in [0.717, 1.165) is 3.97 Å². The summed E-state index contributed by atoms with van der Waals surface area (Å²) in [6, 6.07) is 0. The molecule has 1 saturated heterocycles. The van der Waals surface area contributed by atoms with Gasteiger partial charge in [0.15, 0.2) is 0 Å². The first-order valence-corrected chi connectivity index (χ1v) is 8.41. The van der Waals surface area contributed by atoms with Gasteiger partial charge in [-0.05, 0) is 33.6 Å².